The van der Waals surface area contributed by atoms with Crippen LogP contribution >= 0.6 is 7.80 Å². The molecule has 0 fully saturated rings. The number of hydrogen-bond donors (Lipinski definition) is 0. The molecular formula is C12H27OP. The molecule has 1 unspecified atom stereocenters. The van der Waals surface area contributed by atoms with Crippen LogP contribution < -0.4 is 0 Å². The van der Waals surface area contributed by atoms with Gasteiger partial charge in [0.05, 0.1) is 7.80 Å². The molecule has 14 heavy (non-hydrogen) atoms. The minimum atomic E-state index is -1.56. The maximum Gasteiger partial charge on any atom is 0.0865 e. The summed E-state index contributed by atoms with van der Waals surface area (Å²) in [5.74, 6) is 0. The van der Waals surface area contributed by atoms with E-state index in [2.05, 4.69) is 55.4 Å². The Labute approximate surface area is 90.5 Å². The molecule has 0 aromatic heterocycles. The van der Waals surface area contributed by atoms with Crippen molar-refractivity contribution in [2.45, 2.75) is 72.1 Å². The standard InChI is InChI=1S/C12H27OP/c1-10(2,3)9-12(7,8)14(13)11(4,5)6/h14H,9H2,1-8H3. The fourth-order valence-corrected chi connectivity index (χ4v) is 5.14. The molecule has 2 heteroatoms. The molecule has 0 aromatic carbocycles. The summed E-state index contributed by atoms with van der Waals surface area (Å²) >= 11 is 0. The monoisotopic (exact) mass is 218 g/mol. The van der Waals surface area contributed by atoms with Crippen LogP contribution in [0.3, 0.4) is 0 Å². The topological polar surface area (TPSA) is 17.1 Å². The Balaban J connectivity index is 4.72. The maximum atomic E-state index is 12.3. The molecule has 0 aromatic rings. The van der Waals surface area contributed by atoms with Crippen LogP contribution in [0.5, 0.6) is 0 Å². The van der Waals surface area contributed by atoms with Crippen molar-refractivity contribution in [2.75, 3.05) is 0 Å². The van der Waals surface area contributed by atoms with Crippen molar-refractivity contribution in [2.24, 2.45) is 5.41 Å². The van der Waals surface area contributed by atoms with Crippen molar-refractivity contribution in [1.82, 2.24) is 0 Å². The zero-order chi connectivity index (χ0) is 11.8. The van der Waals surface area contributed by atoms with Crippen LogP contribution in [0.1, 0.15) is 61.8 Å². The van der Waals surface area contributed by atoms with Gasteiger partial charge in [-0.3, -0.25) is 0 Å². The third-order valence-electron chi connectivity index (χ3n) is 2.27. The third kappa shape index (κ3) is 4.64. The molecule has 0 spiro atoms. The Bertz CT molecular complexity index is 215. The predicted molar refractivity (Wildman–Crippen MR) is 66.9 cm³/mol. The highest BCUT2D eigenvalue weighted by atomic mass is 31.1. The molecule has 0 aliphatic carbocycles. The van der Waals surface area contributed by atoms with Gasteiger partial charge in [-0.05, 0) is 11.8 Å². The molecule has 1 atom stereocenters. The second-order valence-electron chi connectivity index (χ2n) is 7.20. The summed E-state index contributed by atoms with van der Waals surface area (Å²) in [5, 5.41) is -0.0689. The summed E-state index contributed by atoms with van der Waals surface area (Å²) in [5.41, 5.74) is 0.259. The second-order valence-corrected chi connectivity index (χ2v) is 10.7. The molecule has 0 bridgehead atoms. The van der Waals surface area contributed by atoms with Crippen LogP contribution in [-0.4, -0.2) is 10.3 Å². The number of hydrogen-bond acceptors (Lipinski definition) is 1. The molecule has 0 saturated carbocycles. The molecule has 0 N–H and O–H groups in total. The smallest absolute Gasteiger partial charge is 0.0865 e. The van der Waals surface area contributed by atoms with E-state index < -0.39 is 7.80 Å². The van der Waals surface area contributed by atoms with Crippen molar-refractivity contribution in [3.63, 3.8) is 0 Å². The van der Waals surface area contributed by atoms with Gasteiger partial charge in [-0.1, -0.05) is 55.4 Å². The first-order valence-electron chi connectivity index (χ1n) is 5.41. The van der Waals surface area contributed by atoms with Crippen molar-refractivity contribution < 1.29 is 4.57 Å². The van der Waals surface area contributed by atoms with Crippen LogP contribution in [-0.2, 0) is 4.57 Å². The molecule has 0 amide bonds. The van der Waals surface area contributed by atoms with E-state index in [-0.39, 0.29) is 15.7 Å². The Kier molecular flexibility index (Phi) is 4.07. The van der Waals surface area contributed by atoms with Crippen LogP contribution in [0.25, 0.3) is 0 Å². The van der Waals surface area contributed by atoms with Gasteiger partial charge in [-0.15, -0.1) is 0 Å². The van der Waals surface area contributed by atoms with Gasteiger partial charge >= 0.3 is 0 Å². The highest BCUT2D eigenvalue weighted by Gasteiger charge is 2.36. The highest BCUT2D eigenvalue weighted by Crippen LogP contribution is 2.53. The van der Waals surface area contributed by atoms with Crippen molar-refractivity contribution >= 4 is 7.80 Å². The summed E-state index contributed by atoms with van der Waals surface area (Å²) in [4.78, 5) is 0. The lowest BCUT2D eigenvalue weighted by molar-refractivity contribution is 0.329. The molecular weight excluding hydrogens is 191 g/mol. The van der Waals surface area contributed by atoms with Gasteiger partial charge in [-0.2, -0.15) is 0 Å². The quantitative estimate of drug-likeness (QED) is 0.621. The average molecular weight is 218 g/mol. The van der Waals surface area contributed by atoms with Crippen molar-refractivity contribution in [3.8, 4) is 0 Å². The number of rotatable bonds is 2. The largest absolute Gasteiger partial charge is 0.326 e. The summed E-state index contributed by atoms with van der Waals surface area (Å²) in [6.45, 7) is 17.2. The molecule has 0 rings (SSSR count). The first kappa shape index (κ1) is 14.2. The molecule has 1 nitrogen and oxygen atoms in total. The molecule has 0 heterocycles. The molecule has 0 saturated heterocycles. The van der Waals surface area contributed by atoms with Gasteiger partial charge in [0.1, 0.15) is 0 Å². The lowest BCUT2D eigenvalue weighted by atomic mass is 9.86. The van der Waals surface area contributed by atoms with Gasteiger partial charge in [0.2, 0.25) is 0 Å². The minimum absolute atomic E-state index is 0.0266. The van der Waals surface area contributed by atoms with E-state index in [1.54, 1.807) is 0 Å². The maximum absolute atomic E-state index is 12.3. The Hall–Kier alpha value is 0.230. The molecule has 86 valence electrons. The van der Waals surface area contributed by atoms with E-state index in [0.717, 1.165) is 6.42 Å². The predicted octanol–water partition coefficient (Wildman–Crippen LogP) is 4.56. The first-order chi connectivity index (χ1) is 5.86. The minimum Gasteiger partial charge on any atom is -0.326 e. The summed E-state index contributed by atoms with van der Waals surface area (Å²) < 4.78 is 12.3. The van der Waals surface area contributed by atoms with Crippen LogP contribution in [0.2, 0.25) is 0 Å². The van der Waals surface area contributed by atoms with Crippen molar-refractivity contribution in [1.29, 1.82) is 0 Å². The summed E-state index contributed by atoms with van der Waals surface area (Å²) in [7, 11) is -1.56. The van der Waals surface area contributed by atoms with Crippen LogP contribution in [0.15, 0.2) is 0 Å². The van der Waals surface area contributed by atoms with E-state index in [0.29, 0.717) is 0 Å². The average Bonchev–Trinajstić information content (AvgIpc) is 1.78. The highest BCUT2D eigenvalue weighted by molar-refractivity contribution is 7.48. The SMILES string of the molecule is CC(C)(C)CC(C)(C)[PH](=O)C(C)(C)C. The van der Waals surface area contributed by atoms with Gasteiger partial charge in [0.15, 0.2) is 0 Å². The van der Waals surface area contributed by atoms with Crippen LogP contribution in [0, 0.1) is 5.41 Å². The Morgan fingerprint density at radius 1 is 0.857 bits per heavy atom. The summed E-state index contributed by atoms with van der Waals surface area (Å²) in [6.07, 6.45) is 1.02. The van der Waals surface area contributed by atoms with Crippen LogP contribution in [0.4, 0.5) is 0 Å². The van der Waals surface area contributed by atoms with Gasteiger partial charge in [0.25, 0.3) is 0 Å². The first-order valence-corrected chi connectivity index (χ1v) is 6.82. The lowest BCUT2D eigenvalue weighted by Crippen LogP contribution is -2.28. The van der Waals surface area contributed by atoms with E-state index in [9.17, 15) is 4.57 Å². The van der Waals surface area contributed by atoms with Gasteiger partial charge < -0.3 is 4.57 Å². The van der Waals surface area contributed by atoms with Crippen molar-refractivity contribution in [3.05, 3.63) is 0 Å². The van der Waals surface area contributed by atoms with Gasteiger partial charge in [-0.25, -0.2) is 0 Å². The van der Waals surface area contributed by atoms with E-state index in [4.69, 9.17) is 0 Å². The fraction of sp³-hybridized carbons (Fsp3) is 1.00. The zero-order valence-corrected chi connectivity index (χ0v) is 12.1. The Morgan fingerprint density at radius 3 is 1.43 bits per heavy atom. The van der Waals surface area contributed by atoms with E-state index in [1.165, 1.54) is 0 Å². The third-order valence-corrected chi connectivity index (χ3v) is 5.04. The van der Waals surface area contributed by atoms with Gasteiger partial charge in [0, 0.05) is 10.3 Å². The fourth-order valence-electron chi connectivity index (χ4n) is 2.42. The Morgan fingerprint density at radius 2 is 1.21 bits per heavy atom. The molecule has 0 radical (unpaired) electrons. The summed E-state index contributed by atoms with van der Waals surface area (Å²) in [6, 6.07) is 0. The zero-order valence-electron chi connectivity index (χ0n) is 11.1. The normalized spacial score (nSPS) is 16.9. The molecule has 0 aliphatic rings. The van der Waals surface area contributed by atoms with E-state index in [1.807, 2.05) is 0 Å². The second kappa shape index (κ2) is 4.00. The lowest BCUT2D eigenvalue weighted by Gasteiger charge is -2.36. The van der Waals surface area contributed by atoms with E-state index >= 15 is 0 Å². The molecule has 0 aliphatic heterocycles.